The van der Waals surface area contributed by atoms with E-state index in [1.54, 1.807) is 12.1 Å². The van der Waals surface area contributed by atoms with Gasteiger partial charge in [-0.1, -0.05) is 12.1 Å². The first-order chi connectivity index (χ1) is 12.2. The summed E-state index contributed by atoms with van der Waals surface area (Å²) in [6.45, 7) is 3.39. The third kappa shape index (κ3) is 5.26. The van der Waals surface area contributed by atoms with E-state index in [0.29, 0.717) is 38.4 Å². The van der Waals surface area contributed by atoms with E-state index in [4.69, 9.17) is 9.47 Å². The van der Waals surface area contributed by atoms with Gasteiger partial charge < -0.3 is 25.4 Å². The molecule has 0 bridgehead atoms. The van der Waals surface area contributed by atoms with Crippen molar-refractivity contribution in [1.82, 2.24) is 16.0 Å². The van der Waals surface area contributed by atoms with Gasteiger partial charge in [0, 0.05) is 31.8 Å². The number of hydrogen-bond acceptors (Lipinski definition) is 5. The molecule has 2 aliphatic rings. The Kier molecular flexibility index (Phi) is 6.38. The smallest absolute Gasteiger partial charge is 0.251 e. The van der Waals surface area contributed by atoms with Gasteiger partial charge in [-0.2, -0.15) is 0 Å². The first-order valence-corrected chi connectivity index (χ1v) is 8.80. The summed E-state index contributed by atoms with van der Waals surface area (Å²) in [5.74, 6) is -0.209. The Hall–Kier alpha value is -1.96. The highest BCUT2D eigenvalue weighted by Crippen LogP contribution is 2.11. The van der Waals surface area contributed by atoms with Gasteiger partial charge in [-0.3, -0.25) is 9.59 Å². The standard InChI is InChI=1S/C18H25N3O4/c22-17(21-11-15-5-2-7-25-15)14-4-1-3-13(9-14)10-20-18(23)16-12-24-8-6-19-16/h1,3-4,9,15-16,19H,2,5-8,10-12H2,(H,20,23)(H,21,22). The molecule has 0 aliphatic carbocycles. The summed E-state index contributed by atoms with van der Waals surface area (Å²) in [4.78, 5) is 24.4. The van der Waals surface area contributed by atoms with Crippen molar-refractivity contribution in [1.29, 1.82) is 0 Å². The number of morpholine rings is 1. The molecule has 0 saturated carbocycles. The van der Waals surface area contributed by atoms with Crippen LogP contribution in [0.5, 0.6) is 0 Å². The molecule has 7 heteroatoms. The number of ether oxygens (including phenoxy) is 2. The summed E-state index contributed by atoms with van der Waals surface area (Å²) >= 11 is 0. The van der Waals surface area contributed by atoms with Crippen LogP contribution in [0.3, 0.4) is 0 Å². The van der Waals surface area contributed by atoms with Crippen LogP contribution in [0.1, 0.15) is 28.8 Å². The normalized spacial score (nSPS) is 23.2. The first kappa shape index (κ1) is 17.8. The highest BCUT2D eigenvalue weighted by Gasteiger charge is 2.21. The van der Waals surface area contributed by atoms with Gasteiger partial charge in [0.05, 0.1) is 19.3 Å². The maximum atomic E-state index is 12.3. The Morgan fingerprint density at radius 1 is 1.24 bits per heavy atom. The molecule has 2 heterocycles. The van der Waals surface area contributed by atoms with Crippen molar-refractivity contribution in [2.45, 2.75) is 31.5 Å². The maximum absolute atomic E-state index is 12.3. The highest BCUT2D eigenvalue weighted by atomic mass is 16.5. The molecule has 2 amide bonds. The molecular formula is C18H25N3O4. The van der Waals surface area contributed by atoms with E-state index in [-0.39, 0.29) is 24.0 Å². The summed E-state index contributed by atoms with van der Waals surface area (Å²) in [7, 11) is 0. The van der Waals surface area contributed by atoms with Crippen molar-refractivity contribution in [2.24, 2.45) is 0 Å². The molecule has 1 aromatic rings. The Balaban J connectivity index is 1.48. The predicted molar refractivity (Wildman–Crippen MR) is 92.2 cm³/mol. The Bertz CT molecular complexity index is 596. The third-order valence-electron chi connectivity index (χ3n) is 4.41. The van der Waals surface area contributed by atoms with Crippen LogP contribution >= 0.6 is 0 Å². The monoisotopic (exact) mass is 347 g/mol. The average molecular weight is 347 g/mol. The summed E-state index contributed by atoms with van der Waals surface area (Å²) < 4.78 is 10.8. The van der Waals surface area contributed by atoms with Gasteiger partial charge in [-0.25, -0.2) is 0 Å². The van der Waals surface area contributed by atoms with Crippen LogP contribution in [0, 0.1) is 0 Å². The van der Waals surface area contributed by atoms with Gasteiger partial charge in [0.25, 0.3) is 5.91 Å². The third-order valence-corrected chi connectivity index (χ3v) is 4.41. The maximum Gasteiger partial charge on any atom is 0.251 e. The van der Waals surface area contributed by atoms with Gasteiger partial charge in [-0.05, 0) is 30.5 Å². The fourth-order valence-electron chi connectivity index (χ4n) is 2.98. The van der Waals surface area contributed by atoms with Crippen LogP contribution < -0.4 is 16.0 Å². The zero-order chi connectivity index (χ0) is 17.5. The summed E-state index contributed by atoms with van der Waals surface area (Å²) in [6.07, 6.45) is 2.17. The van der Waals surface area contributed by atoms with Crippen LogP contribution in [0.4, 0.5) is 0 Å². The largest absolute Gasteiger partial charge is 0.378 e. The second-order valence-corrected chi connectivity index (χ2v) is 6.34. The summed E-state index contributed by atoms with van der Waals surface area (Å²) in [5.41, 5.74) is 1.47. The lowest BCUT2D eigenvalue weighted by atomic mass is 10.1. The average Bonchev–Trinajstić information content (AvgIpc) is 3.19. The van der Waals surface area contributed by atoms with E-state index in [0.717, 1.165) is 25.0 Å². The van der Waals surface area contributed by atoms with Crippen LogP contribution in [-0.4, -0.2) is 56.9 Å². The lowest BCUT2D eigenvalue weighted by molar-refractivity contribution is -0.126. The van der Waals surface area contributed by atoms with Crippen molar-refractivity contribution in [3.63, 3.8) is 0 Å². The van der Waals surface area contributed by atoms with Crippen LogP contribution in [0.2, 0.25) is 0 Å². The van der Waals surface area contributed by atoms with E-state index in [2.05, 4.69) is 16.0 Å². The van der Waals surface area contributed by atoms with Crippen LogP contribution in [-0.2, 0) is 20.8 Å². The number of hydrogen-bond donors (Lipinski definition) is 3. The van der Waals surface area contributed by atoms with Crippen molar-refractivity contribution in [2.75, 3.05) is 32.9 Å². The van der Waals surface area contributed by atoms with E-state index < -0.39 is 0 Å². The fraction of sp³-hybridized carbons (Fsp3) is 0.556. The molecule has 2 atom stereocenters. The molecular weight excluding hydrogens is 322 g/mol. The molecule has 7 nitrogen and oxygen atoms in total. The number of carbonyl (C=O) groups is 2. The van der Waals surface area contributed by atoms with Gasteiger partial charge in [-0.15, -0.1) is 0 Å². The quantitative estimate of drug-likeness (QED) is 0.684. The van der Waals surface area contributed by atoms with Crippen molar-refractivity contribution < 1.29 is 19.1 Å². The molecule has 2 fully saturated rings. The number of carbonyl (C=O) groups excluding carboxylic acids is 2. The van der Waals surface area contributed by atoms with E-state index in [9.17, 15) is 9.59 Å². The molecule has 1 aromatic carbocycles. The molecule has 3 N–H and O–H groups in total. The number of amides is 2. The molecule has 0 aromatic heterocycles. The molecule has 2 aliphatic heterocycles. The fourth-order valence-corrected chi connectivity index (χ4v) is 2.98. The van der Waals surface area contributed by atoms with Crippen LogP contribution in [0.15, 0.2) is 24.3 Å². The van der Waals surface area contributed by atoms with Gasteiger partial charge in [0.2, 0.25) is 5.91 Å². The Labute approximate surface area is 147 Å². The zero-order valence-corrected chi connectivity index (χ0v) is 14.3. The van der Waals surface area contributed by atoms with Crippen molar-refractivity contribution in [3.8, 4) is 0 Å². The Morgan fingerprint density at radius 2 is 2.16 bits per heavy atom. The predicted octanol–water partition coefficient (Wildman–Crippen LogP) is 0.200. The number of benzene rings is 1. The molecule has 0 radical (unpaired) electrons. The topological polar surface area (TPSA) is 88.7 Å². The van der Waals surface area contributed by atoms with Gasteiger partial charge >= 0.3 is 0 Å². The SMILES string of the molecule is O=C(NCC1CCCO1)c1cccc(CNC(=O)C2COCCN2)c1. The minimum absolute atomic E-state index is 0.0899. The molecule has 2 unspecified atom stereocenters. The van der Waals surface area contributed by atoms with Crippen molar-refractivity contribution in [3.05, 3.63) is 35.4 Å². The molecule has 2 saturated heterocycles. The lowest BCUT2D eigenvalue weighted by Gasteiger charge is -2.22. The number of nitrogens with one attached hydrogen (secondary N) is 3. The number of rotatable bonds is 6. The van der Waals surface area contributed by atoms with E-state index in [1.165, 1.54) is 0 Å². The lowest BCUT2D eigenvalue weighted by Crippen LogP contribution is -2.51. The second-order valence-electron chi connectivity index (χ2n) is 6.34. The highest BCUT2D eigenvalue weighted by molar-refractivity contribution is 5.94. The summed E-state index contributed by atoms with van der Waals surface area (Å²) in [6, 6.07) is 6.97. The summed E-state index contributed by atoms with van der Waals surface area (Å²) in [5, 5.41) is 8.90. The Morgan fingerprint density at radius 3 is 2.92 bits per heavy atom. The van der Waals surface area contributed by atoms with E-state index in [1.807, 2.05) is 12.1 Å². The van der Waals surface area contributed by atoms with E-state index >= 15 is 0 Å². The van der Waals surface area contributed by atoms with Crippen molar-refractivity contribution >= 4 is 11.8 Å². The second kappa shape index (κ2) is 8.94. The minimum atomic E-state index is -0.313. The van der Waals surface area contributed by atoms with Gasteiger partial charge in [0.1, 0.15) is 6.04 Å². The molecule has 0 spiro atoms. The van der Waals surface area contributed by atoms with Crippen LogP contribution in [0.25, 0.3) is 0 Å². The van der Waals surface area contributed by atoms with Gasteiger partial charge in [0.15, 0.2) is 0 Å². The first-order valence-electron chi connectivity index (χ1n) is 8.80. The zero-order valence-electron chi connectivity index (χ0n) is 14.3. The molecule has 25 heavy (non-hydrogen) atoms. The minimum Gasteiger partial charge on any atom is -0.378 e. The molecule has 136 valence electrons. The molecule has 3 rings (SSSR count).